The standard InChI is InChI=1S/C21H20N4O4S2/c1-11-17(31-12(2)22-11)16-10-30-21(23-16)24-18(26)15-8-25(9-15)19(27)13-4-6-14(7-5-13)20(28)29-3/h4-7,10,15H,8-9H2,1-3H3,(H,23,24,26). The molecule has 8 nitrogen and oxygen atoms in total. The van der Waals surface area contributed by atoms with Crippen molar-refractivity contribution in [3.05, 3.63) is 51.5 Å². The quantitative estimate of drug-likeness (QED) is 0.591. The molecule has 1 aromatic carbocycles. The van der Waals surface area contributed by atoms with E-state index in [0.29, 0.717) is 29.3 Å². The molecule has 1 N–H and O–H groups in total. The summed E-state index contributed by atoms with van der Waals surface area (Å²) in [5.74, 6) is -1.06. The number of nitrogens with one attached hydrogen (secondary N) is 1. The van der Waals surface area contributed by atoms with Crippen molar-refractivity contribution in [1.82, 2.24) is 14.9 Å². The molecule has 0 atom stereocenters. The van der Waals surface area contributed by atoms with Gasteiger partial charge < -0.3 is 15.0 Å². The highest BCUT2D eigenvalue weighted by Gasteiger charge is 2.36. The lowest BCUT2D eigenvalue weighted by Crippen LogP contribution is -2.54. The largest absolute Gasteiger partial charge is 0.465 e. The number of thiazole rings is 2. The van der Waals surface area contributed by atoms with Crippen molar-refractivity contribution < 1.29 is 19.1 Å². The number of carbonyl (C=O) groups is 3. The normalized spacial score (nSPS) is 13.6. The third-order valence-corrected chi connectivity index (χ3v) is 6.82. The van der Waals surface area contributed by atoms with Gasteiger partial charge in [0.1, 0.15) is 0 Å². The Morgan fingerprint density at radius 2 is 1.77 bits per heavy atom. The maximum absolute atomic E-state index is 12.6. The number of hydrogen-bond donors (Lipinski definition) is 1. The SMILES string of the molecule is COC(=O)c1ccc(C(=O)N2CC(C(=O)Nc3nc(-c4sc(C)nc4C)cs3)C2)cc1. The number of hydrogen-bond acceptors (Lipinski definition) is 8. The Morgan fingerprint density at radius 3 is 2.39 bits per heavy atom. The highest BCUT2D eigenvalue weighted by atomic mass is 32.1. The Hall–Kier alpha value is -3.11. The van der Waals surface area contributed by atoms with Crippen molar-refractivity contribution >= 4 is 45.6 Å². The molecule has 4 rings (SSSR count). The Morgan fingerprint density at radius 1 is 1.10 bits per heavy atom. The van der Waals surface area contributed by atoms with Gasteiger partial charge in [-0.15, -0.1) is 22.7 Å². The Balaban J connectivity index is 1.32. The molecule has 160 valence electrons. The number of aryl methyl sites for hydroxylation is 2. The zero-order chi connectivity index (χ0) is 22.1. The van der Waals surface area contributed by atoms with Crippen LogP contribution in [0.4, 0.5) is 5.13 Å². The van der Waals surface area contributed by atoms with Gasteiger partial charge in [-0.1, -0.05) is 0 Å². The van der Waals surface area contributed by atoms with Crippen molar-refractivity contribution in [1.29, 1.82) is 0 Å². The van der Waals surface area contributed by atoms with Gasteiger partial charge in [0.15, 0.2) is 5.13 Å². The predicted molar refractivity (Wildman–Crippen MR) is 119 cm³/mol. The minimum absolute atomic E-state index is 0.150. The number of aromatic nitrogens is 2. The number of methoxy groups -OCH3 is 1. The molecule has 1 aliphatic rings. The van der Waals surface area contributed by atoms with Gasteiger partial charge in [0.25, 0.3) is 5.91 Å². The van der Waals surface area contributed by atoms with Crippen molar-refractivity contribution in [3.63, 3.8) is 0 Å². The maximum atomic E-state index is 12.6. The van der Waals surface area contributed by atoms with E-state index in [-0.39, 0.29) is 17.7 Å². The first-order valence-corrected chi connectivity index (χ1v) is 11.2. The van der Waals surface area contributed by atoms with Gasteiger partial charge in [0.2, 0.25) is 5.91 Å². The van der Waals surface area contributed by atoms with Crippen LogP contribution in [-0.4, -0.2) is 52.9 Å². The van der Waals surface area contributed by atoms with Gasteiger partial charge in [-0.3, -0.25) is 9.59 Å². The van der Waals surface area contributed by atoms with Crippen LogP contribution in [0.3, 0.4) is 0 Å². The van der Waals surface area contributed by atoms with Crippen LogP contribution < -0.4 is 5.32 Å². The number of amides is 2. The summed E-state index contributed by atoms with van der Waals surface area (Å²) in [6, 6.07) is 6.27. The monoisotopic (exact) mass is 456 g/mol. The van der Waals surface area contributed by atoms with Crippen LogP contribution in [-0.2, 0) is 9.53 Å². The molecule has 0 saturated carbocycles. The van der Waals surface area contributed by atoms with Crippen LogP contribution in [0.15, 0.2) is 29.6 Å². The minimum atomic E-state index is -0.453. The van der Waals surface area contributed by atoms with Gasteiger partial charge in [0.05, 0.1) is 39.9 Å². The number of esters is 1. The van der Waals surface area contributed by atoms with Crippen LogP contribution in [0.5, 0.6) is 0 Å². The fourth-order valence-corrected chi connectivity index (χ4v) is 4.93. The Kier molecular flexibility index (Phi) is 5.84. The smallest absolute Gasteiger partial charge is 0.337 e. The molecule has 0 aliphatic carbocycles. The summed E-state index contributed by atoms with van der Waals surface area (Å²) in [5, 5.41) is 6.27. The first-order valence-electron chi connectivity index (χ1n) is 9.54. The second-order valence-electron chi connectivity index (χ2n) is 7.15. The lowest BCUT2D eigenvalue weighted by atomic mass is 9.97. The average molecular weight is 457 g/mol. The van der Waals surface area contributed by atoms with Gasteiger partial charge in [-0.05, 0) is 38.1 Å². The highest BCUT2D eigenvalue weighted by Crippen LogP contribution is 2.32. The number of likely N-dealkylation sites (tertiary alicyclic amines) is 1. The van der Waals surface area contributed by atoms with Crippen LogP contribution >= 0.6 is 22.7 Å². The number of anilines is 1. The van der Waals surface area contributed by atoms with E-state index < -0.39 is 5.97 Å². The topological polar surface area (TPSA) is 101 Å². The molecule has 2 aromatic heterocycles. The number of carbonyl (C=O) groups excluding carboxylic acids is 3. The molecule has 0 spiro atoms. The molecule has 3 heterocycles. The van der Waals surface area contributed by atoms with Gasteiger partial charge in [0, 0.05) is 24.0 Å². The summed E-state index contributed by atoms with van der Waals surface area (Å²) in [4.78, 5) is 48.1. The molecule has 31 heavy (non-hydrogen) atoms. The van der Waals surface area contributed by atoms with Gasteiger partial charge in [-0.2, -0.15) is 0 Å². The highest BCUT2D eigenvalue weighted by molar-refractivity contribution is 7.16. The fraction of sp³-hybridized carbons (Fsp3) is 0.286. The summed E-state index contributed by atoms with van der Waals surface area (Å²) in [7, 11) is 1.31. The Bertz CT molecular complexity index is 1150. The molecule has 2 amide bonds. The second-order valence-corrected chi connectivity index (χ2v) is 9.21. The van der Waals surface area contributed by atoms with Crippen LogP contribution in [0.1, 0.15) is 31.4 Å². The predicted octanol–water partition coefficient (Wildman–Crippen LogP) is 3.38. The molecule has 0 bridgehead atoms. The number of benzene rings is 1. The van der Waals surface area contributed by atoms with Crippen LogP contribution in [0.25, 0.3) is 10.6 Å². The number of ether oxygens (including phenoxy) is 1. The summed E-state index contributed by atoms with van der Waals surface area (Å²) in [6.07, 6.45) is 0. The molecule has 1 fully saturated rings. The maximum Gasteiger partial charge on any atom is 0.337 e. The van der Waals surface area contributed by atoms with E-state index in [1.165, 1.54) is 18.4 Å². The second kappa shape index (κ2) is 8.56. The molecule has 1 aliphatic heterocycles. The summed E-state index contributed by atoms with van der Waals surface area (Å²) < 4.78 is 4.65. The van der Waals surface area contributed by atoms with E-state index in [1.54, 1.807) is 40.5 Å². The molecule has 0 radical (unpaired) electrons. The first-order chi connectivity index (χ1) is 14.9. The number of rotatable bonds is 5. The molecule has 0 unspecified atom stereocenters. The van der Waals surface area contributed by atoms with Gasteiger partial charge in [-0.25, -0.2) is 14.8 Å². The fourth-order valence-electron chi connectivity index (χ4n) is 3.27. The minimum Gasteiger partial charge on any atom is -0.465 e. The van der Waals surface area contributed by atoms with E-state index in [0.717, 1.165) is 21.3 Å². The zero-order valence-electron chi connectivity index (χ0n) is 17.2. The number of nitrogens with zero attached hydrogens (tertiary/aromatic N) is 3. The van der Waals surface area contributed by atoms with Crippen molar-refractivity contribution in [2.75, 3.05) is 25.5 Å². The lowest BCUT2D eigenvalue weighted by Gasteiger charge is -2.38. The molecular weight excluding hydrogens is 436 g/mol. The lowest BCUT2D eigenvalue weighted by molar-refractivity contribution is -0.123. The van der Waals surface area contributed by atoms with Crippen molar-refractivity contribution in [3.8, 4) is 10.6 Å². The summed E-state index contributed by atoms with van der Waals surface area (Å²) in [5.41, 5.74) is 2.58. The van der Waals surface area contributed by atoms with E-state index >= 15 is 0 Å². The average Bonchev–Trinajstić information content (AvgIpc) is 3.31. The van der Waals surface area contributed by atoms with Crippen molar-refractivity contribution in [2.45, 2.75) is 13.8 Å². The van der Waals surface area contributed by atoms with Crippen molar-refractivity contribution in [2.24, 2.45) is 5.92 Å². The zero-order valence-corrected chi connectivity index (χ0v) is 18.8. The van der Waals surface area contributed by atoms with E-state index in [4.69, 9.17) is 0 Å². The summed E-state index contributed by atoms with van der Waals surface area (Å²) in [6.45, 7) is 4.58. The van der Waals surface area contributed by atoms with E-state index in [1.807, 2.05) is 19.2 Å². The molecular formula is C21H20N4O4S2. The molecule has 1 saturated heterocycles. The Labute approximate surface area is 186 Å². The van der Waals surface area contributed by atoms with Crippen LogP contribution in [0.2, 0.25) is 0 Å². The van der Waals surface area contributed by atoms with E-state index in [2.05, 4.69) is 20.0 Å². The van der Waals surface area contributed by atoms with Crippen LogP contribution in [0, 0.1) is 19.8 Å². The third kappa shape index (κ3) is 4.35. The molecule has 3 aromatic rings. The summed E-state index contributed by atoms with van der Waals surface area (Å²) >= 11 is 2.95. The first kappa shape index (κ1) is 21.1. The van der Waals surface area contributed by atoms with Gasteiger partial charge >= 0.3 is 5.97 Å². The van der Waals surface area contributed by atoms with E-state index in [9.17, 15) is 14.4 Å². The molecule has 10 heteroatoms. The third-order valence-electron chi connectivity index (χ3n) is 4.96.